The molecule has 2 aromatic rings. The Morgan fingerprint density at radius 1 is 1.08 bits per heavy atom. The Balaban J connectivity index is 1.89. The van der Waals surface area contributed by atoms with E-state index in [4.69, 9.17) is 4.74 Å². The minimum absolute atomic E-state index is 0.0374. The van der Waals surface area contributed by atoms with Gasteiger partial charge in [0.25, 0.3) is 5.91 Å². The van der Waals surface area contributed by atoms with Gasteiger partial charge in [0.2, 0.25) is 0 Å². The number of anilines is 1. The fraction of sp³-hybridized carbons (Fsp3) is 0.333. The van der Waals surface area contributed by atoms with Crippen LogP contribution in [0.15, 0.2) is 42.5 Å². The number of rotatable bonds is 8. The van der Waals surface area contributed by atoms with Gasteiger partial charge in [0.05, 0.1) is 0 Å². The maximum atomic E-state index is 12.2. The minimum atomic E-state index is -0.176. The van der Waals surface area contributed by atoms with Crippen molar-refractivity contribution in [3.8, 4) is 5.75 Å². The lowest BCUT2D eigenvalue weighted by Crippen LogP contribution is -2.21. The molecule has 0 radical (unpaired) electrons. The number of Topliss-reactive ketones (excluding diaryl/α,β-unsaturated/α-hetero) is 1. The number of aryl methyl sites for hydroxylation is 3. The molecule has 0 aliphatic heterocycles. The van der Waals surface area contributed by atoms with Crippen molar-refractivity contribution in [2.75, 3.05) is 11.9 Å². The van der Waals surface area contributed by atoms with Gasteiger partial charge in [0, 0.05) is 12.1 Å². The van der Waals surface area contributed by atoms with Gasteiger partial charge < -0.3 is 14.8 Å². The molecule has 25 heavy (non-hydrogen) atoms. The third-order valence-corrected chi connectivity index (χ3v) is 4.06. The van der Waals surface area contributed by atoms with Crippen molar-refractivity contribution >= 4 is 17.4 Å². The van der Waals surface area contributed by atoms with E-state index in [9.17, 15) is 9.59 Å². The molecule has 0 spiro atoms. The number of carbonyl (C=O) groups is 2. The molecule has 0 aliphatic rings. The molecule has 0 bridgehead atoms. The maximum absolute atomic E-state index is 12.2. The number of hydrogen-bond donors (Lipinski definition) is 1. The lowest BCUT2D eigenvalue weighted by molar-refractivity contribution is -0.118. The molecular weight excluding hydrogens is 314 g/mol. The number of carbonyl (C=O) groups excluding carboxylic acids is 2. The van der Waals surface area contributed by atoms with Gasteiger partial charge in [-0.15, -0.1) is 0 Å². The van der Waals surface area contributed by atoms with Gasteiger partial charge in [-0.05, 0) is 55.5 Å². The second-order valence-electron chi connectivity index (χ2n) is 6.15. The first kappa shape index (κ1) is 18.7. The highest BCUT2D eigenvalue weighted by Gasteiger charge is 2.09. The van der Waals surface area contributed by atoms with Gasteiger partial charge in [0.1, 0.15) is 11.5 Å². The summed E-state index contributed by atoms with van der Waals surface area (Å²) in [4.78, 5) is 23.2. The predicted molar refractivity (Wildman–Crippen MR) is 100 cm³/mol. The van der Waals surface area contributed by atoms with Crippen molar-refractivity contribution in [3.05, 3.63) is 59.2 Å². The average Bonchev–Trinajstić information content (AvgIpc) is 2.60. The highest BCUT2D eigenvalue weighted by atomic mass is 16.5. The van der Waals surface area contributed by atoms with Crippen LogP contribution >= 0.6 is 0 Å². The molecule has 0 unspecified atom stereocenters. The van der Waals surface area contributed by atoms with E-state index in [0.717, 1.165) is 35.2 Å². The Kier molecular flexibility index (Phi) is 6.75. The van der Waals surface area contributed by atoms with Crippen LogP contribution in [0.2, 0.25) is 0 Å². The summed E-state index contributed by atoms with van der Waals surface area (Å²) >= 11 is 0. The Morgan fingerprint density at radius 3 is 2.44 bits per heavy atom. The zero-order valence-corrected chi connectivity index (χ0v) is 15.1. The van der Waals surface area contributed by atoms with Crippen molar-refractivity contribution in [2.24, 2.45) is 0 Å². The van der Waals surface area contributed by atoms with E-state index in [0.29, 0.717) is 12.2 Å². The van der Waals surface area contributed by atoms with Gasteiger partial charge in [-0.3, -0.25) is 4.79 Å². The number of para-hydroxylation sites is 1. The summed E-state index contributed by atoms with van der Waals surface area (Å²) in [5, 5.41) is 2.94. The maximum Gasteiger partial charge on any atom is 0.262 e. The molecular formula is C21H25NO3. The molecule has 0 fully saturated rings. The van der Waals surface area contributed by atoms with Crippen molar-refractivity contribution in [3.63, 3.8) is 0 Å². The Hall–Kier alpha value is -2.62. The zero-order valence-electron chi connectivity index (χ0n) is 15.1. The fourth-order valence-corrected chi connectivity index (χ4v) is 2.60. The lowest BCUT2D eigenvalue weighted by Gasteiger charge is -2.13. The Morgan fingerprint density at radius 2 is 1.80 bits per heavy atom. The van der Waals surface area contributed by atoms with Crippen LogP contribution < -0.4 is 10.1 Å². The quantitative estimate of drug-likeness (QED) is 0.788. The van der Waals surface area contributed by atoms with Gasteiger partial charge >= 0.3 is 0 Å². The fourth-order valence-electron chi connectivity index (χ4n) is 2.60. The topological polar surface area (TPSA) is 55.4 Å². The van der Waals surface area contributed by atoms with Crippen molar-refractivity contribution in [1.82, 2.24) is 0 Å². The van der Waals surface area contributed by atoms with Crippen LogP contribution in [0.4, 0.5) is 5.69 Å². The summed E-state index contributed by atoms with van der Waals surface area (Å²) < 4.78 is 5.55. The third kappa shape index (κ3) is 5.75. The van der Waals surface area contributed by atoms with Gasteiger partial charge in [-0.25, -0.2) is 0 Å². The van der Waals surface area contributed by atoms with Gasteiger partial charge in [-0.1, -0.05) is 37.3 Å². The van der Waals surface area contributed by atoms with Crippen LogP contribution in [0, 0.1) is 6.92 Å². The highest BCUT2D eigenvalue weighted by molar-refractivity contribution is 5.93. The van der Waals surface area contributed by atoms with Crippen molar-refractivity contribution < 1.29 is 14.3 Å². The first-order chi connectivity index (χ1) is 12.0. The summed E-state index contributed by atoms with van der Waals surface area (Å²) in [7, 11) is 0. The smallest absolute Gasteiger partial charge is 0.262 e. The normalized spacial score (nSPS) is 10.4. The monoisotopic (exact) mass is 339 g/mol. The van der Waals surface area contributed by atoms with Crippen LogP contribution in [0.3, 0.4) is 0 Å². The molecule has 0 aromatic heterocycles. The summed E-state index contributed by atoms with van der Waals surface area (Å²) in [5.74, 6) is 0.645. The van der Waals surface area contributed by atoms with Crippen molar-refractivity contribution in [2.45, 2.75) is 40.0 Å². The lowest BCUT2D eigenvalue weighted by atomic mass is 10.1. The van der Waals surface area contributed by atoms with Crippen LogP contribution in [0.1, 0.15) is 37.0 Å². The summed E-state index contributed by atoms with van der Waals surface area (Å²) in [6, 6.07) is 13.5. The first-order valence-corrected chi connectivity index (χ1v) is 8.59. The SMILES string of the molecule is CCc1cccc(C)c1NC(=O)COc1ccc(CCC(C)=O)cc1. The molecule has 0 saturated carbocycles. The number of benzene rings is 2. The van der Waals surface area contributed by atoms with E-state index in [1.165, 1.54) is 0 Å². The van der Waals surface area contributed by atoms with E-state index in [2.05, 4.69) is 12.2 Å². The number of hydrogen-bond acceptors (Lipinski definition) is 3. The Bertz CT molecular complexity index is 735. The minimum Gasteiger partial charge on any atom is -0.484 e. The van der Waals surface area contributed by atoms with Crippen LogP contribution in [-0.2, 0) is 22.4 Å². The van der Waals surface area contributed by atoms with E-state index < -0.39 is 0 Å². The number of ketones is 1. The van der Waals surface area contributed by atoms with Gasteiger partial charge in [-0.2, -0.15) is 0 Å². The molecule has 2 aromatic carbocycles. The molecule has 0 saturated heterocycles. The van der Waals surface area contributed by atoms with Crippen molar-refractivity contribution in [1.29, 1.82) is 0 Å². The molecule has 132 valence electrons. The number of nitrogens with one attached hydrogen (secondary N) is 1. The number of ether oxygens (including phenoxy) is 1. The highest BCUT2D eigenvalue weighted by Crippen LogP contribution is 2.21. The largest absolute Gasteiger partial charge is 0.484 e. The average molecular weight is 339 g/mol. The van der Waals surface area contributed by atoms with E-state index >= 15 is 0 Å². The van der Waals surface area contributed by atoms with E-state index in [1.807, 2.05) is 49.4 Å². The summed E-state index contributed by atoms with van der Waals surface area (Å²) in [6.45, 7) is 5.60. The molecule has 1 amide bonds. The van der Waals surface area contributed by atoms with Crippen LogP contribution in [0.5, 0.6) is 5.75 Å². The van der Waals surface area contributed by atoms with Crippen LogP contribution in [0.25, 0.3) is 0 Å². The third-order valence-electron chi connectivity index (χ3n) is 4.06. The molecule has 4 nitrogen and oxygen atoms in total. The van der Waals surface area contributed by atoms with Crippen LogP contribution in [-0.4, -0.2) is 18.3 Å². The molecule has 1 N–H and O–H groups in total. The molecule has 2 rings (SSSR count). The molecule has 0 aliphatic carbocycles. The van der Waals surface area contributed by atoms with E-state index in [-0.39, 0.29) is 18.3 Å². The Labute approximate surface area is 149 Å². The summed E-state index contributed by atoms with van der Waals surface area (Å²) in [5.41, 5.74) is 4.11. The summed E-state index contributed by atoms with van der Waals surface area (Å²) in [6.07, 6.45) is 2.13. The second kappa shape index (κ2) is 9.02. The molecule has 0 heterocycles. The first-order valence-electron chi connectivity index (χ1n) is 8.59. The molecule has 4 heteroatoms. The molecule has 0 atom stereocenters. The zero-order chi connectivity index (χ0) is 18.2. The second-order valence-corrected chi connectivity index (χ2v) is 6.15. The van der Waals surface area contributed by atoms with Gasteiger partial charge in [0.15, 0.2) is 6.61 Å². The van der Waals surface area contributed by atoms with E-state index in [1.54, 1.807) is 6.92 Å². The predicted octanol–water partition coefficient (Wildman–Crippen LogP) is 4.10. The number of amides is 1. The standard InChI is InChI=1S/C21H25NO3/c1-4-18-7-5-6-15(2)21(18)22-20(24)14-25-19-12-10-17(11-13-19)9-8-16(3)23/h5-7,10-13H,4,8-9,14H2,1-3H3,(H,22,24).